The van der Waals surface area contributed by atoms with Crippen LogP contribution in [0.3, 0.4) is 0 Å². The van der Waals surface area contributed by atoms with Gasteiger partial charge in [-0.2, -0.15) is 4.39 Å². The van der Waals surface area contributed by atoms with Crippen molar-refractivity contribution in [1.29, 1.82) is 0 Å². The van der Waals surface area contributed by atoms with Gasteiger partial charge in [0.15, 0.2) is 0 Å². The molecule has 1 unspecified atom stereocenters. The second kappa shape index (κ2) is 6.08. The van der Waals surface area contributed by atoms with Crippen LogP contribution in [0.4, 0.5) is 10.1 Å². The lowest BCUT2D eigenvalue weighted by molar-refractivity contribution is -0.387. The minimum atomic E-state index is -0.769. The van der Waals surface area contributed by atoms with Crippen LogP contribution >= 0.6 is 0 Å². The van der Waals surface area contributed by atoms with Crippen molar-refractivity contribution in [2.75, 3.05) is 20.1 Å². The molecule has 1 saturated heterocycles. The molecule has 1 fully saturated rings. The molecule has 6 heteroatoms. The van der Waals surface area contributed by atoms with Crippen LogP contribution in [0, 0.1) is 15.9 Å². The minimum absolute atomic E-state index is 0.469. The highest BCUT2D eigenvalue weighted by molar-refractivity contribution is 5.34. The normalized spacial score (nSPS) is 19.0. The van der Waals surface area contributed by atoms with E-state index < -0.39 is 16.4 Å². The van der Waals surface area contributed by atoms with Gasteiger partial charge < -0.3 is 10.2 Å². The van der Waals surface area contributed by atoms with Crippen LogP contribution in [0.2, 0.25) is 0 Å². The molecule has 1 aliphatic heterocycles. The summed E-state index contributed by atoms with van der Waals surface area (Å²) in [6, 6.07) is 4.58. The fraction of sp³-hybridized carbons (Fsp3) is 0.538. The lowest BCUT2D eigenvalue weighted by Gasteiger charge is -2.21. The Morgan fingerprint density at radius 3 is 2.95 bits per heavy atom. The van der Waals surface area contributed by atoms with Gasteiger partial charge in [-0.05, 0) is 38.1 Å². The molecule has 1 N–H and O–H groups in total. The third-order valence-corrected chi connectivity index (χ3v) is 3.36. The molecule has 0 amide bonds. The summed E-state index contributed by atoms with van der Waals surface area (Å²) in [4.78, 5) is 11.9. The van der Waals surface area contributed by atoms with Gasteiger partial charge in [0.25, 0.3) is 0 Å². The Hall–Kier alpha value is -1.53. The zero-order valence-corrected chi connectivity index (χ0v) is 10.9. The van der Waals surface area contributed by atoms with E-state index in [-0.39, 0.29) is 0 Å². The van der Waals surface area contributed by atoms with Crippen molar-refractivity contribution in [1.82, 2.24) is 10.2 Å². The molecule has 1 heterocycles. The highest BCUT2D eigenvalue weighted by Gasteiger charge is 2.17. The summed E-state index contributed by atoms with van der Waals surface area (Å²) in [7, 11) is 1.97. The first-order valence-electron chi connectivity index (χ1n) is 6.41. The predicted octanol–water partition coefficient (Wildman–Crippen LogP) is 1.92. The third kappa shape index (κ3) is 3.71. The van der Waals surface area contributed by atoms with E-state index in [0.29, 0.717) is 12.6 Å². The van der Waals surface area contributed by atoms with Gasteiger partial charge in [0.05, 0.1) is 4.92 Å². The standard InChI is InChI=1S/C13H18FN3O2/c1-16(9-11-3-2-6-15-11)8-10-4-5-13(17(18)19)12(14)7-10/h4-5,7,11,15H,2-3,6,8-9H2,1H3. The molecule has 104 valence electrons. The Balaban J connectivity index is 1.94. The first-order chi connectivity index (χ1) is 9.06. The summed E-state index contributed by atoms with van der Waals surface area (Å²) in [5, 5.41) is 13.9. The number of likely N-dealkylation sites (N-methyl/N-ethyl adjacent to an activating group) is 1. The van der Waals surface area contributed by atoms with Gasteiger partial charge in [-0.3, -0.25) is 10.1 Å². The molecule has 2 rings (SSSR count). The Morgan fingerprint density at radius 2 is 2.37 bits per heavy atom. The minimum Gasteiger partial charge on any atom is -0.313 e. The first kappa shape index (κ1) is 13.9. The largest absolute Gasteiger partial charge is 0.313 e. The van der Waals surface area contributed by atoms with E-state index in [9.17, 15) is 14.5 Å². The molecule has 0 aromatic heterocycles. The van der Waals surface area contributed by atoms with Gasteiger partial charge in [-0.1, -0.05) is 6.07 Å². The Kier molecular flexibility index (Phi) is 4.44. The van der Waals surface area contributed by atoms with Gasteiger partial charge in [-0.15, -0.1) is 0 Å². The number of nitro groups is 1. The smallest absolute Gasteiger partial charge is 0.304 e. The van der Waals surface area contributed by atoms with E-state index >= 15 is 0 Å². The van der Waals surface area contributed by atoms with E-state index in [1.54, 1.807) is 6.07 Å². The topological polar surface area (TPSA) is 58.4 Å². The molecule has 0 spiro atoms. The summed E-state index contributed by atoms with van der Waals surface area (Å²) in [5.41, 5.74) is 0.285. The summed E-state index contributed by atoms with van der Waals surface area (Å²) >= 11 is 0. The molecule has 0 bridgehead atoms. The summed E-state index contributed by atoms with van der Waals surface area (Å²) in [5.74, 6) is -0.769. The number of rotatable bonds is 5. The summed E-state index contributed by atoms with van der Waals surface area (Å²) in [6.07, 6.45) is 2.36. The van der Waals surface area contributed by atoms with Crippen LogP contribution in [0.5, 0.6) is 0 Å². The van der Waals surface area contributed by atoms with Gasteiger partial charge in [0, 0.05) is 25.2 Å². The monoisotopic (exact) mass is 267 g/mol. The molecule has 0 aliphatic carbocycles. The molecule has 19 heavy (non-hydrogen) atoms. The average molecular weight is 267 g/mol. The van der Waals surface area contributed by atoms with Gasteiger partial charge in [-0.25, -0.2) is 0 Å². The highest BCUT2D eigenvalue weighted by Crippen LogP contribution is 2.19. The molecular formula is C13H18FN3O2. The zero-order valence-electron chi connectivity index (χ0n) is 10.9. The van der Waals surface area contributed by atoms with E-state index in [1.807, 2.05) is 7.05 Å². The maximum atomic E-state index is 13.5. The number of halogens is 1. The number of nitro benzene ring substituents is 1. The second-order valence-corrected chi connectivity index (χ2v) is 5.03. The first-order valence-corrected chi connectivity index (χ1v) is 6.41. The van der Waals surface area contributed by atoms with Crippen LogP contribution in [-0.4, -0.2) is 36.0 Å². The van der Waals surface area contributed by atoms with Gasteiger partial charge >= 0.3 is 5.69 Å². The lowest BCUT2D eigenvalue weighted by atomic mass is 10.1. The van der Waals surface area contributed by atoms with Crippen molar-refractivity contribution in [2.45, 2.75) is 25.4 Å². The van der Waals surface area contributed by atoms with Crippen LogP contribution in [0.1, 0.15) is 18.4 Å². The number of hydrogen-bond donors (Lipinski definition) is 1. The Morgan fingerprint density at radius 1 is 1.58 bits per heavy atom. The number of nitrogens with zero attached hydrogens (tertiary/aromatic N) is 2. The van der Waals surface area contributed by atoms with Crippen molar-refractivity contribution >= 4 is 5.69 Å². The highest BCUT2D eigenvalue weighted by atomic mass is 19.1. The van der Waals surface area contributed by atoms with Crippen LogP contribution < -0.4 is 5.32 Å². The van der Waals surface area contributed by atoms with E-state index in [1.165, 1.54) is 25.0 Å². The van der Waals surface area contributed by atoms with Crippen LogP contribution in [0.15, 0.2) is 18.2 Å². The molecular weight excluding hydrogens is 249 g/mol. The quantitative estimate of drug-likeness (QED) is 0.654. The molecule has 1 aromatic carbocycles. The maximum Gasteiger partial charge on any atom is 0.304 e. The number of nitrogens with one attached hydrogen (secondary N) is 1. The van der Waals surface area contributed by atoms with E-state index in [4.69, 9.17) is 0 Å². The van der Waals surface area contributed by atoms with Gasteiger partial charge in [0.1, 0.15) is 0 Å². The zero-order chi connectivity index (χ0) is 13.8. The SMILES string of the molecule is CN(Cc1ccc([N+](=O)[O-])c(F)c1)CC1CCCN1. The Bertz CT molecular complexity index is 461. The number of hydrogen-bond acceptors (Lipinski definition) is 4. The van der Waals surface area contributed by atoms with Crippen molar-refractivity contribution in [3.8, 4) is 0 Å². The second-order valence-electron chi connectivity index (χ2n) is 5.03. The van der Waals surface area contributed by atoms with Crippen molar-refractivity contribution in [2.24, 2.45) is 0 Å². The molecule has 1 aromatic rings. The molecule has 1 aliphatic rings. The molecule has 0 saturated carbocycles. The number of benzene rings is 1. The fourth-order valence-corrected chi connectivity index (χ4v) is 2.46. The van der Waals surface area contributed by atoms with Crippen molar-refractivity contribution < 1.29 is 9.31 Å². The lowest BCUT2D eigenvalue weighted by Crippen LogP contribution is -2.34. The summed E-state index contributed by atoms with van der Waals surface area (Å²) < 4.78 is 13.5. The van der Waals surface area contributed by atoms with Gasteiger partial charge in [0.2, 0.25) is 5.82 Å². The molecule has 5 nitrogen and oxygen atoms in total. The van der Waals surface area contributed by atoms with Crippen LogP contribution in [0.25, 0.3) is 0 Å². The molecule has 0 radical (unpaired) electrons. The average Bonchev–Trinajstić information content (AvgIpc) is 2.81. The van der Waals surface area contributed by atoms with Crippen molar-refractivity contribution in [3.63, 3.8) is 0 Å². The molecule has 1 atom stereocenters. The van der Waals surface area contributed by atoms with E-state index in [2.05, 4.69) is 10.2 Å². The van der Waals surface area contributed by atoms with Crippen LogP contribution in [-0.2, 0) is 6.54 Å². The fourth-order valence-electron chi connectivity index (χ4n) is 2.46. The third-order valence-electron chi connectivity index (χ3n) is 3.36. The van der Waals surface area contributed by atoms with Crippen molar-refractivity contribution in [3.05, 3.63) is 39.7 Å². The van der Waals surface area contributed by atoms with E-state index in [0.717, 1.165) is 18.7 Å². The maximum absolute atomic E-state index is 13.5. The predicted molar refractivity (Wildman–Crippen MR) is 70.4 cm³/mol. The summed E-state index contributed by atoms with van der Waals surface area (Å²) in [6.45, 7) is 2.55. The Labute approximate surface area is 111 Å².